The molecule has 7 nitrogen and oxygen atoms in total. The van der Waals surface area contributed by atoms with E-state index in [1.807, 2.05) is 45.0 Å². The van der Waals surface area contributed by atoms with Crippen molar-refractivity contribution in [1.29, 1.82) is 0 Å². The smallest absolute Gasteiger partial charge is 0.410 e. The summed E-state index contributed by atoms with van der Waals surface area (Å²) in [5.41, 5.74) is 0.113. The molecule has 1 atom stereocenters. The second-order valence-corrected chi connectivity index (χ2v) is 9.53. The van der Waals surface area contributed by atoms with Crippen molar-refractivity contribution in [3.8, 4) is 5.75 Å². The second-order valence-electron chi connectivity index (χ2n) is 9.53. The van der Waals surface area contributed by atoms with Gasteiger partial charge in [-0.1, -0.05) is 12.1 Å². The first-order valence-electron chi connectivity index (χ1n) is 11.5. The van der Waals surface area contributed by atoms with Gasteiger partial charge < -0.3 is 25.0 Å². The Kier molecular flexibility index (Phi) is 8.18. The number of nitrogens with one attached hydrogen (secondary N) is 2. The van der Waals surface area contributed by atoms with Crippen LogP contribution in [0.15, 0.2) is 24.3 Å². The minimum Gasteiger partial charge on any atom is -0.493 e. The van der Waals surface area contributed by atoms with Crippen molar-refractivity contribution in [1.82, 2.24) is 15.5 Å². The molecule has 2 aliphatic rings. The number of rotatable bonds is 1. The Hall–Kier alpha value is -2.28. The number of carbonyl (C=O) groups is 2. The van der Waals surface area contributed by atoms with Crippen LogP contribution in [0.3, 0.4) is 0 Å². The number of carbonyl (C=O) groups excluding carboxylic acids is 2. The number of ether oxygens (including phenoxy) is 2. The Balaban J connectivity index is 1.60. The van der Waals surface area contributed by atoms with Gasteiger partial charge in [0.15, 0.2) is 0 Å². The molecule has 0 radical (unpaired) electrons. The van der Waals surface area contributed by atoms with Crippen molar-refractivity contribution in [2.45, 2.75) is 52.1 Å². The minimum atomic E-state index is -0.478. The molecule has 1 fully saturated rings. The van der Waals surface area contributed by atoms with E-state index in [1.54, 1.807) is 4.90 Å². The van der Waals surface area contributed by atoms with E-state index in [-0.39, 0.29) is 12.0 Å². The Bertz CT molecular complexity index is 739. The fraction of sp³-hybridized carbons (Fsp3) is 0.667. The summed E-state index contributed by atoms with van der Waals surface area (Å²) < 4.78 is 11.4. The van der Waals surface area contributed by atoms with Gasteiger partial charge in [0.25, 0.3) is 5.91 Å². The van der Waals surface area contributed by atoms with Crippen LogP contribution in [0.1, 0.15) is 56.8 Å². The summed E-state index contributed by atoms with van der Waals surface area (Å²) in [5.74, 6) is 1.32. The lowest BCUT2D eigenvalue weighted by molar-refractivity contribution is 0.0160. The molecule has 0 aromatic heterocycles. The zero-order chi connectivity index (χ0) is 22.3. The van der Waals surface area contributed by atoms with Gasteiger partial charge in [0.1, 0.15) is 11.4 Å². The largest absolute Gasteiger partial charge is 0.493 e. The van der Waals surface area contributed by atoms with Gasteiger partial charge in [-0.2, -0.15) is 0 Å². The third kappa shape index (κ3) is 7.13. The van der Waals surface area contributed by atoms with E-state index in [0.29, 0.717) is 49.4 Å². The van der Waals surface area contributed by atoms with E-state index in [1.165, 1.54) is 0 Å². The summed E-state index contributed by atoms with van der Waals surface area (Å²) in [6.07, 6.45) is 3.58. The molecule has 1 unspecified atom stereocenters. The fourth-order valence-electron chi connectivity index (χ4n) is 4.21. The van der Waals surface area contributed by atoms with Gasteiger partial charge in [0.05, 0.1) is 12.2 Å². The molecule has 0 saturated carbocycles. The molecule has 172 valence electrons. The van der Waals surface area contributed by atoms with E-state index in [4.69, 9.17) is 9.47 Å². The average Bonchev–Trinajstić information content (AvgIpc) is 2.75. The van der Waals surface area contributed by atoms with Crippen molar-refractivity contribution in [2.24, 2.45) is 11.8 Å². The maximum Gasteiger partial charge on any atom is 0.410 e. The molecular formula is C24H37N3O4. The highest BCUT2D eigenvalue weighted by Crippen LogP contribution is 2.26. The van der Waals surface area contributed by atoms with Crippen molar-refractivity contribution >= 4 is 12.0 Å². The number of amides is 2. The summed E-state index contributed by atoms with van der Waals surface area (Å²) in [4.78, 5) is 27.0. The molecule has 31 heavy (non-hydrogen) atoms. The van der Waals surface area contributed by atoms with E-state index in [2.05, 4.69) is 10.6 Å². The zero-order valence-corrected chi connectivity index (χ0v) is 19.1. The lowest BCUT2D eigenvalue weighted by atomic mass is 9.84. The predicted molar refractivity (Wildman–Crippen MR) is 120 cm³/mol. The number of piperidine rings is 1. The van der Waals surface area contributed by atoms with Crippen molar-refractivity contribution in [3.63, 3.8) is 0 Å². The van der Waals surface area contributed by atoms with E-state index in [9.17, 15) is 9.59 Å². The van der Waals surface area contributed by atoms with Gasteiger partial charge in [0.2, 0.25) is 0 Å². The third-order valence-corrected chi connectivity index (χ3v) is 5.93. The SMILES string of the molecule is CC(C)(C)OC(=O)N1CCC(C2CNCCCCOc3ccccc3C(=O)NC2)CC1. The van der Waals surface area contributed by atoms with Gasteiger partial charge >= 0.3 is 6.09 Å². The quantitative estimate of drug-likeness (QED) is 0.712. The van der Waals surface area contributed by atoms with Crippen LogP contribution in [0.25, 0.3) is 0 Å². The van der Waals surface area contributed by atoms with Gasteiger partial charge in [-0.05, 0) is 83.5 Å². The molecule has 7 heteroatoms. The molecule has 0 spiro atoms. The van der Waals surface area contributed by atoms with Crippen LogP contribution in [0.4, 0.5) is 4.79 Å². The molecule has 2 amide bonds. The normalized spacial score (nSPS) is 22.1. The number of para-hydroxylation sites is 1. The van der Waals surface area contributed by atoms with Gasteiger partial charge in [-0.15, -0.1) is 0 Å². The lowest BCUT2D eigenvalue weighted by Gasteiger charge is -2.37. The summed E-state index contributed by atoms with van der Waals surface area (Å²) >= 11 is 0. The summed E-state index contributed by atoms with van der Waals surface area (Å²) in [7, 11) is 0. The first-order chi connectivity index (χ1) is 14.8. The highest BCUT2D eigenvalue weighted by Gasteiger charge is 2.31. The third-order valence-electron chi connectivity index (χ3n) is 5.93. The first kappa shape index (κ1) is 23.4. The minimum absolute atomic E-state index is 0.0916. The second kappa shape index (κ2) is 10.8. The molecule has 2 heterocycles. The number of fused-ring (bicyclic) bond motifs is 1. The van der Waals surface area contributed by atoms with E-state index < -0.39 is 5.60 Å². The fourth-order valence-corrected chi connectivity index (χ4v) is 4.21. The van der Waals surface area contributed by atoms with E-state index in [0.717, 1.165) is 38.8 Å². The van der Waals surface area contributed by atoms with Crippen LogP contribution in [0.5, 0.6) is 5.75 Å². The standard InChI is InChI=1S/C24H37N3O4/c1-24(2,3)31-23(29)27-13-10-18(11-14-27)19-16-25-12-6-7-15-30-21-9-5-4-8-20(21)22(28)26-17-19/h4-5,8-9,18-19,25H,6-7,10-17H2,1-3H3,(H,26,28). The van der Waals surface area contributed by atoms with Crippen LogP contribution < -0.4 is 15.4 Å². The van der Waals surface area contributed by atoms with Crippen LogP contribution in [-0.2, 0) is 4.74 Å². The Morgan fingerprint density at radius 1 is 1.10 bits per heavy atom. The number of benzene rings is 1. The molecular weight excluding hydrogens is 394 g/mol. The molecule has 1 aromatic carbocycles. The molecule has 3 rings (SSSR count). The number of likely N-dealkylation sites (tertiary alicyclic amines) is 1. The van der Waals surface area contributed by atoms with Crippen molar-refractivity contribution < 1.29 is 19.1 Å². The highest BCUT2D eigenvalue weighted by atomic mass is 16.6. The summed E-state index contributed by atoms with van der Waals surface area (Å²) in [6, 6.07) is 7.44. The van der Waals surface area contributed by atoms with Crippen molar-refractivity contribution in [3.05, 3.63) is 29.8 Å². The van der Waals surface area contributed by atoms with Crippen molar-refractivity contribution in [2.75, 3.05) is 39.3 Å². The highest BCUT2D eigenvalue weighted by molar-refractivity contribution is 5.96. The van der Waals surface area contributed by atoms with E-state index >= 15 is 0 Å². The molecule has 0 aliphatic carbocycles. The Morgan fingerprint density at radius 2 is 1.84 bits per heavy atom. The van der Waals surface area contributed by atoms with Crippen LogP contribution in [0.2, 0.25) is 0 Å². The summed E-state index contributed by atoms with van der Waals surface area (Å²) in [5, 5.41) is 6.69. The number of hydrogen-bond donors (Lipinski definition) is 2. The zero-order valence-electron chi connectivity index (χ0n) is 19.1. The van der Waals surface area contributed by atoms with Crippen LogP contribution in [-0.4, -0.2) is 61.8 Å². The first-order valence-corrected chi connectivity index (χ1v) is 11.5. The van der Waals surface area contributed by atoms with Gasteiger partial charge in [0, 0.05) is 19.6 Å². The lowest BCUT2D eigenvalue weighted by Crippen LogP contribution is -2.46. The molecule has 1 saturated heterocycles. The Morgan fingerprint density at radius 3 is 2.58 bits per heavy atom. The maximum atomic E-state index is 12.8. The van der Waals surface area contributed by atoms with Gasteiger partial charge in [-0.3, -0.25) is 4.79 Å². The average molecular weight is 432 g/mol. The van der Waals surface area contributed by atoms with Crippen LogP contribution in [0, 0.1) is 11.8 Å². The molecule has 2 N–H and O–H groups in total. The molecule has 0 bridgehead atoms. The summed E-state index contributed by atoms with van der Waals surface area (Å²) in [6.45, 7) is 10.1. The molecule has 1 aromatic rings. The topological polar surface area (TPSA) is 79.9 Å². The number of nitrogens with zero attached hydrogens (tertiary/aromatic N) is 1. The molecule has 2 aliphatic heterocycles. The Labute approximate surface area is 185 Å². The maximum absolute atomic E-state index is 12.8. The van der Waals surface area contributed by atoms with Crippen LogP contribution >= 0.6 is 0 Å². The predicted octanol–water partition coefficient (Wildman–Crippen LogP) is 3.44. The monoisotopic (exact) mass is 431 g/mol. The number of hydrogen-bond acceptors (Lipinski definition) is 5. The van der Waals surface area contributed by atoms with Gasteiger partial charge in [-0.25, -0.2) is 4.79 Å².